The Labute approximate surface area is 193 Å². The van der Waals surface area contributed by atoms with E-state index in [-0.39, 0.29) is 5.78 Å². The molecule has 0 aliphatic carbocycles. The Hall–Kier alpha value is -3.48. The van der Waals surface area contributed by atoms with E-state index >= 15 is 0 Å². The average Bonchev–Trinajstić information content (AvgIpc) is 3.47. The zero-order valence-electron chi connectivity index (χ0n) is 17.3. The number of nitrogens with zero attached hydrogens (tertiary/aromatic N) is 4. The molecule has 0 amide bonds. The molecule has 0 fully saturated rings. The van der Waals surface area contributed by atoms with Crippen LogP contribution in [0.5, 0.6) is 0 Å². The second kappa shape index (κ2) is 8.22. The van der Waals surface area contributed by atoms with Crippen molar-refractivity contribution in [2.24, 2.45) is 0 Å². The van der Waals surface area contributed by atoms with E-state index in [0.29, 0.717) is 22.8 Å². The van der Waals surface area contributed by atoms with Gasteiger partial charge in [0.05, 0.1) is 28.0 Å². The maximum Gasteiger partial charge on any atom is 0.191 e. The van der Waals surface area contributed by atoms with Gasteiger partial charge < -0.3 is 4.57 Å². The SMILES string of the molecule is C=CCn1c2ccccc2n2nc(C)c(C(=O)C=Cc3csc(-c4ccc(Cl)cc4)n3)c12. The highest BCUT2D eigenvalue weighted by Crippen LogP contribution is 2.28. The van der Waals surface area contributed by atoms with Crippen molar-refractivity contribution < 1.29 is 4.79 Å². The van der Waals surface area contributed by atoms with E-state index in [1.165, 1.54) is 11.3 Å². The van der Waals surface area contributed by atoms with Crippen LogP contribution in [0.15, 0.2) is 72.6 Å². The summed E-state index contributed by atoms with van der Waals surface area (Å²) in [6, 6.07) is 15.5. The minimum Gasteiger partial charge on any atom is -0.320 e. The van der Waals surface area contributed by atoms with Gasteiger partial charge in [-0.15, -0.1) is 17.9 Å². The van der Waals surface area contributed by atoms with Gasteiger partial charge in [-0.3, -0.25) is 4.79 Å². The molecule has 32 heavy (non-hydrogen) atoms. The number of rotatable bonds is 6. The van der Waals surface area contributed by atoms with Crippen molar-refractivity contribution in [3.63, 3.8) is 0 Å². The molecule has 3 heterocycles. The molecule has 0 saturated heterocycles. The number of carbonyl (C=O) groups excluding carboxylic acids is 1. The Morgan fingerprint density at radius 1 is 1.16 bits per heavy atom. The molecule has 0 N–H and O–H groups in total. The first-order valence-corrected chi connectivity index (χ1v) is 11.3. The van der Waals surface area contributed by atoms with Crippen molar-refractivity contribution in [3.8, 4) is 10.6 Å². The van der Waals surface area contributed by atoms with Crippen molar-refractivity contribution in [1.29, 1.82) is 0 Å². The molecule has 5 aromatic rings. The van der Waals surface area contributed by atoms with Crippen LogP contribution in [0.3, 0.4) is 0 Å². The number of hydrogen-bond acceptors (Lipinski definition) is 4. The molecule has 158 valence electrons. The van der Waals surface area contributed by atoms with Crippen LogP contribution in [0.1, 0.15) is 21.7 Å². The van der Waals surface area contributed by atoms with Crippen LogP contribution >= 0.6 is 22.9 Å². The summed E-state index contributed by atoms with van der Waals surface area (Å²) < 4.78 is 3.92. The monoisotopic (exact) mass is 458 g/mol. The predicted octanol–water partition coefficient (Wildman–Crippen LogP) is 6.46. The molecule has 0 bridgehead atoms. The molecule has 2 aromatic carbocycles. The number of imidazole rings is 1. The van der Waals surface area contributed by atoms with Gasteiger partial charge in [0.2, 0.25) is 0 Å². The van der Waals surface area contributed by atoms with E-state index in [1.807, 2.05) is 71.4 Å². The van der Waals surface area contributed by atoms with Gasteiger partial charge in [0.15, 0.2) is 5.78 Å². The molecule has 5 rings (SSSR count). The molecular weight excluding hydrogens is 440 g/mol. The molecule has 7 heteroatoms. The Bertz CT molecular complexity index is 1500. The summed E-state index contributed by atoms with van der Waals surface area (Å²) in [6.07, 6.45) is 5.15. The number of allylic oxidation sites excluding steroid dienone is 2. The summed E-state index contributed by atoms with van der Waals surface area (Å²) in [5, 5.41) is 8.15. The molecule has 0 unspecified atom stereocenters. The molecule has 0 radical (unpaired) electrons. The van der Waals surface area contributed by atoms with E-state index < -0.39 is 0 Å². The van der Waals surface area contributed by atoms with Crippen molar-refractivity contribution in [2.45, 2.75) is 13.5 Å². The molecule has 0 atom stereocenters. The minimum absolute atomic E-state index is 0.105. The number of halogens is 1. The lowest BCUT2D eigenvalue weighted by molar-refractivity contribution is 0.104. The van der Waals surface area contributed by atoms with Gasteiger partial charge in [0.1, 0.15) is 10.7 Å². The number of para-hydroxylation sites is 2. The highest BCUT2D eigenvalue weighted by Gasteiger charge is 2.21. The zero-order valence-corrected chi connectivity index (χ0v) is 18.9. The maximum absolute atomic E-state index is 13.2. The van der Waals surface area contributed by atoms with Gasteiger partial charge in [0.25, 0.3) is 0 Å². The number of ketones is 1. The van der Waals surface area contributed by atoms with Crippen LogP contribution in [0, 0.1) is 6.92 Å². The number of fused-ring (bicyclic) bond motifs is 3. The number of thiazole rings is 1. The summed E-state index contributed by atoms with van der Waals surface area (Å²) in [6.45, 7) is 6.32. The van der Waals surface area contributed by atoms with Crippen LogP contribution in [-0.4, -0.2) is 24.9 Å². The Kier molecular flexibility index (Phi) is 5.25. The van der Waals surface area contributed by atoms with Gasteiger partial charge in [-0.1, -0.05) is 41.9 Å². The fourth-order valence-corrected chi connectivity index (χ4v) is 4.77. The largest absolute Gasteiger partial charge is 0.320 e. The fraction of sp³-hybridized carbons (Fsp3) is 0.0800. The topological polar surface area (TPSA) is 52.2 Å². The summed E-state index contributed by atoms with van der Waals surface area (Å²) >= 11 is 7.50. The third-order valence-corrected chi connectivity index (χ3v) is 6.43. The average molecular weight is 459 g/mol. The van der Waals surface area contributed by atoms with Gasteiger partial charge in [-0.25, -0.2) is 9.50 Å². The quantitative estimate of drug-likeness (QED) is 0.167. The highest BCUT2D eigenvalue weighted by molar-refractivity contribution is 7.13. The number of benzene rings is 2. The second-order valence-corrected chi connectivity index (χ2v) is 8.66. The molecule has 5 nitrogen and oxygen atoms in total. The first-order chi connectivity index (χ1) is 15.6. The second-order valence-electron chi connectivity index (χ2n) is 7.37. The van der Waals surface area contributed by atoms with Crippen LogP contribution in [0.4, 0.5) is 0 Å². The predicted molar refractivity (Wildman–Crippen MR) is 132 cm³/mol. The highest BCUT2D eigenvalue weighted by atomic mass is 35.5. The zero-order chi connectivity index (χ0) is 22.2. The van der Waals surface area contributed by atoms with E-state index in [1.54, 1.807) is 12.2 Å². The van der Waals surface area contributed by atoms with E-state index in [0.717, 1.165) is 32.9 Å². The lowest BCUT2D eigenvalue weighted by Crippen LogP contribution is -2.02. The van der Waals surface area contributed by atoms with E-state index in [9.17, 15) is 4.79 Å². The lowest BCUT2D eigenvalue weighted by atomic mass is 10.1. The molecule has 3 aromatic heterocycles. The Morgan fingerprint density at radius 3 is 2.66 bits per heavy atom. The van der Waals surface area contributed by atoms with Gasteiger partial charge in [0, 0.05) is 22.5 Å². The smallest absolute Gasteiger partial charge is 0.191 e. The molecular formula is C25H19ClN4OS. The van der Waals surface area contributed by atoms with E-state index in [2.05, 4.69) is 21.2 Å². The Morgan fingerprint density at radius 2 is 1.91 bits per heavy atom. The van der Waals surface area contributed by atoms with Gasteiger partial charge in [-0.2, -0.15) is 5.10 Å². The van der Waals surface area contributed by atoms with Crippen LogP contribution in [-0.2, 0) is 6.54 Å². The molecule has 0 aliphatic rings. The van der Waals surface area contributed by atoms with Crippen LogP contribution in [0.25, 0.3) is 33.3 Å². The van der Waals surface area contributed by atoms with Crippen molar-refractivity contribution in [1.82, 2.24) is 19.2 Å². The summed E-state index contributed by atoms with van der Waals surface area (Å²) in [5.74, 6) is -0.105. The fourth-order valence-electron chi connectivity index (χ4n) is 3.85. The normalized spacial score (nSPS) is 11.7. The number of aromatic nitrogens is 4. The molecule has 0 saturated carbocycles. The number of carbonyl (C=O) groups is 1. The summed E-state index contributed by atoms with van der Waals surface area (Å²) in [4.78, 5) is 17.9. The maximum atomic E-state index is 13.2. The van der Waals surface area contributed by atoms with E-state index in [4.69, 9.17) is 11.6 Å². The third-order valence-electron chi connectivity index (χ3n) is 5.27. The van der Waals surface area contributed by atoms with Gasteiger partial charge >= 0.3 is 0 Å². The number of aryl methyl sites for hydroxylation is 1. The van der Waals surface area contributed by atoms with Crippen molar-refractivity contribution in [2.75, 3.05) is 0 Å². The minimum atomic E-state index is -0.105. The third kappa shape index (κ3) is 3.47. The summed E-state index contributed by atoms with van der Waals surface area (Å²) in [7, 11) is 0. The first-order valence-electron chi connectivity index (χ1n) is 10.1. The van der Waals surface area contributed by atoms with Gasteiger partial charge in [-0.05, 0) is 43.3 Å². The van der Waals surface area contributed by atoms with Crippen molar-refractivity contribution in [3.05, 3.63) is 94.6 Å². The first kappa shape index (κ1) is 20.4. The van der Waals surface area contributed by atoms with Crippen LogP contribution in [0.2, 0.25) is 5.02 Å². The summed E-state index contributed by atoms with van der Waals surface area (Å²) in [5.41, 5.74) is 5.77. The Balaban J connectivity index is 1.51. The molecule has 0 aliphatic heterocycles. The van der Waals surface area contributed by atoms with Crippen LogP contribution < -0.4 is 0 Å². The van der Waals surface area contributed by atoms with Crippen molar-refractivity contribution >= 4 is 51.5 Å². The standard InChI is InChI=1S/C25H19ClN4OS/c1-3-14-29-20-6-4-5-7-21(20)30-25(29)23(16(2)28-30)22(31)13-12-19-15-32-24(27-19)17-8-10-18(26)11-9-17/h3-13,15H,1,14H2,2H3. The molecule has 0 spiro atoms. The number of hydrogen-bond donors (Lipinski definition) is 0. The lowest BCUT2D eigenvalue weighted by Gasteiger charge is -2.03.